The van der Waals surface area contributed by atoms with Crippen LogP contribution in [0.2, 0.25) is 0 Å². The number of anilines is 2. The Hall–Kier alpha value is -1.23. The van der Waals surface area contributed by atoms with E-state index in [1.165, 1.54) is 54.0 Å². The fraction of sp³-hybridized carbons (Fsp3) is 0.643. The highest BCUT2D eigenvalue weighted by Gasteiger charge is 2.34. The molecule has 0 spiro atoms. The highest BCUT2D eigenvalue weighted by Crippen LogP contribution is 2.52. The van der Waals surface area contributed by atoms with Crippen LogP contribution in [0.5, 0.6) is 0 Å². The fourth-order valence-corrected chi connectivity index (χ4v) is 3.95. The van der Waals surface area contributed by atoms with Crippen LogP contribution in [0.3, 0.4) is 0 Å². The zero-order valence-electron chi connectivity index (χ0n) is 11.3. The van der Waals surface area contributed by atoms with Crippen LogP contribution in [0.25, 0.3) is 0 Å². The van der Waals surface area contributed by atoms with Gasteiger partial charge in [0.2, 0.25) is 0 Å². The highest BCUT2D eigenvalue weighted by atomic mass is 32.1. The first-order chi connectivity index (χ1) is 9.08. The van der Waals surface area contributed by atoms with Crippen LogP contribution < -0.4 is 16.4 Å². The summed E-state index contributed by atoms with van der Waals surface area (Å²) < 4.78 is 0. The normalized spacial score (nSPS) is 19.2. The number of nitrogen functional groups attached to an aromatic ring is 1. The lowest BCUT2D eigenvalue weighted by molar-refractivity contribution is 0.100. The lowest BCUT2D eigenvalue weighted by Gasteiger charge is -2.31. The molecule has 0 unspecified atom stereocenters. The number of hydrogen-bond donors (Lipinski definition) is 2. The quantitative estimate of drug-likeness (QED) is 0.870. The summed E-state index contributed by atoms with van der Waals surface area (Å²) in [6.45, 7) is 1.07. The molecule has 0 bridgehead atoms. The van der Waals surface area contributed by atoms with Gasteiger partial charge >= 0.3 is 0 Å². The molecule has 3 rings (SSSR count). The molecule has 0 saturated heterocycles. The minimum absolute atomic E-state index is 0.396. The largest absolute Gasteiger partial charge is 0.397 e. The third kappa shape index (κ3) is 2.31. The zero-order valence-corrected chi connectivity index (χ0v) is 12.1. The fourth-order valence-electron chi connectivity index (χ4n) is 2.82. The SMILES string of the molecule is CN(CC1CCC1)c1sc(C(N)=O)c(N)c1C1CC1. The molecule has 2 fully saturated rings. The minimum Gasteiger partial charge on any atom is -0.397 e. The van der Waals surface area contributed by atoms with E-state index in [2.05, 4.69) is 11.9 Å². The molecule has 0 radical (unpaired) electrons. The van der Waals surface area contributed by atoms with Crippen molar-refractivity contribution in [2.24, 2.45) is 11.7 Å². The van der Waals surface area contributed by atoms with Gasteiger partial charge in [0, 0.05) is 19.2 Å². The standard InChI is InChI=1S/C14H21N3OS/c1-17(7-8-3-2-4-8)14-10(9-5-6-9)11(15)12(19-14)13(16)18/h8-9H,2-7,15H2,1H3,(H2,16,18). The lowest BCUT2D eigenvalue weighted by atomic mass is 9.85. The molecular weight excluding hydrogens is 258 g/mol. The third-order valence-electron chi connectivity index (χ3n) is 4.28. The molecule has 0 aliphatic heterocycles. The molecule has 1 aromatic rings. The van der Waals surface area contributed by atoms with Gasteiger partial charge in [-0.1, -0.05) is 6.42 Å². The smallest absolute Gasteiger partial charge is 0.260 e. The maximum Gasteiger partial charge on any atom is 0.260 e. The van der Waals surface area contributed by atoms with Gasteiger partial charge in [-0.2, -0.15) is 0 Å². The molecule has 2 saturated carbocycles. The van der Waals surface area contributed by atoms with Crippen molar-refractivity contribution in [2.75, 3.05) is 24.2 Å². The van der Waals surface area contributed by atoms with Crippen LogP contribution in [-0.2, 0) is 0 Å². The van der Waals surface area contributed by atoms with Gasteiger partial charge in [-0.25, -0.2) is 0 Å². The van der Waals surface area contributed by atoms with E-state index >= 15 is 0 Å². The molecule has 104 valence electrons. The number of nitrogens with zero attached hydrogens (tertiary/aromatic N) is 1. The maximum atomic E-state index is 11.5. The highest BCUT2D eigenvalue weighted by molar-refractivity contribution is 7.18. The molecule has 4 N–H and O–H groups in total. The van der Waals surface area contributed by atoms with Crippen molar-refractivity contribution in [3.8, 4) is 0 Å². The third-order valence-corrected chi connectivity index (χ3v) is 5.63. The van der Waals surface area contributed by atoms with Crippen LogP contribution in [-0.4, -0.2) is 19.5 Å². The van der Waals surface area contributed by atoms with Crippen molar-refractivity contribution in [1.29, 1.82) is 0 Å². The van der Waals surface area contributed by atoms with E-state index in [1.807, 2.05) is 0 Å². The van der Waals surface area contributed by atoms with Crippen LogP contribution in [0, 0.1) is 5.92 Å². The van der Waals surface area contributed by atoms with E-state index in [9.17, 15) is 4.79 Å². The summed E-state index contributed by atoms with van der Waals surface area (Å²) >= 11 is 1.47. The monoisotopic (exact) mass is 279 g/mol. The number of nitrogens with two attached hydrogens (primary N) is 2. The summed E-state index contributed by atoms with van der Waals surface area (Å²) in [6, 6.07) is 0. The second-order valence-corrected chi connectivity index (χ2v) is 6.88. The number of rotatable bonds is 5. The van der Waals surface area contributed by atoms with Crippen molar-refractivity contribution in [1.82, 2.24) is 0 Å². The molecule has 5 heteroatoms. The Labute approximate surface area is 117 Å². The second kappa shape index (κ2) is 4.71. The van der Waals surface area contributed by atoms with E-state index in [-0.39, 0.29) is 0 Å². The Morgan fingerprint density at radius 3 is 2.53 bits per heavy atom. The van der Waals surface area contributed by atoms with Crippen LogP contribution in [0.4, 0.5) is 10.7 Å². The van der Waals surface area contributed by atoms with Gasteiger partial charge < -0.3 is 16.4 Å². The maximum absolute atomic E-state index is 11.5. The Balaban J connectivity index is 1.89. The van der Waals surface area contributed by atoms with Crippen molar-refractivity contribution in [3.63, 3.8) is 0 Å². The topological polar surface area (TPSA) is 72.3 Å². The molecule has 2 aliphatic carbocycles. The van der Waals surface area contributed by atoms with Gasteiger partial charge in [-0.05, 0) is 37.5 Å². The number of carbonyl (C=O) groups excluding carboxylic acids is 1. The lowest BCUT2D eigenvalue weighted by Crippen LogP contribution is -2.29. The first kappa shape index (κ1) is 12.8. The minimum atomic E-state index is -0.396. The van der Waals surface area contributed by atoms with Crippen molar-refractivity contribution in [2.45, 2.75) is 38.0 Å². The number of thiophene rings is 1. The van der Waals surface area contributed by atoms with Gasteiger partial charge in [0.05, 0.1) is 10.7 Å². The molecular formula is C14H21N3OS. The Morgan fingerprint density at radius 1 is 1.37 bits per heavy atom. The molecule has 1 aromatic heterocycles. The number of carbonyl (C=O) groups is 1. The molecule has 1 amide bonds. The summed E-state index contributed by atoms with van der Waals surface area (Å²) in [4.78, 5) is 14.3. The number of amides is 1. The average molecular weight is 279 g/mol. The van der Waals surface area contributed by atoms with E-state index in [0.717, 1.165) is 12.5 Å². The molecule has 2 aliphatic rings. The first-order valence-electron chi connectivity index (χ1n) is 7.01. The number of primary amides is 1. The van der Waals surface area contributed by atoms with E-state index in [4.69, 9.17) is 11.5 Å². The zero-order chi connectivity index (χ0) is 13.6. The van der Waals surface area contributed by atoms with Gasteiger partial charge in [0.15, 0.2) is 0 Å². The van der Waals surface area contributed by atoms with Crippen LogP contribution in [0.1, 0.15) is 53.3 Å². The summed E-state index contributed by atoms with van der Waals surface area (Å²) in [7, 11) is 2.11. The van der Waals surface area contributed by atoms with Crippen molar-refractivity contribution in [3.05, 3.63) is 10.4 Å². The van der Waals surface area contributed by atoms with Crippen molar-refractivity contribution >= 4 is 27.9 Å². The summed E-state index contributed by atoms with van der Waals surface area (Å²) in [6.07, 6.45) is 6.37. The van der Waals surface area contributed by atoms with Crippen LogP contribution >= 0.6 is 11.3 Å². The average Bonchev–Trinajstić information content (AvgIpc) is 3.07. The number of hydrogen-bond acceptors (Lipinski definition) is 4. The van der Waals surface area contributed by atoms with Gasteiger partial charge in [0.1, 0.15) is 4.88 Å². The molecule has 0 aromatic carbocycles. The summed E-state index contributed by atoms with van der Waals surface area (Å²) in [5.41, 5.74) is 13.4. The van der Waals surface area contributed by atoms with E-state index < -0.39 is 5.91 Å². The molecule has 19 heavy (non-hydrogen) atoms. The predicted octanol–water partition coefficient (Wildman–Crippen LogP) is 2.54. The Morgan fingerprint density at radius 2 is 2.05 bits per heavy atom. The van der Waals surface area contributed by atoms with E-state index in [1.54, 1.807) is 0 Å². The molecule has 4 nitrogen and oxygen atoms in total. The Kier molecular flexibility index (Phi) is 3.17. The second-order valence-electron chi connectivity index (χ2n) is 5.88. The van der Waals surface area contributed by atoms with E-state index in [0.29, 0.717) is 16.5 Å². The van der Waals surface area contributed by atoms with Crippen molar-refractivity contribution < 1.29 is 4.79 Å². The summed E-state index contributed by atoms with van der Waals surface area (Å²) in [5.74, 6) is 0.952. The van der Waals surface area contributed by atoms with Gasteiger partial charge in [0.25, 0.3) is 5.91 Å². The van der Waals surface area contributed by atoms with Crippen LogP contribution in [0.15, 0.2) is 0 Å². The first-order valence-corrected chi connectivity index (χ1v) is 7.82. The molecule has 1 heterocycles. The predicted molar refractivity (Wildman–Crippen MR) is 79.8 cm³/mol. The van der Waals surface area contributed by atoms with Gasteiger partial charge in [-0.3, -0.25) is 4.79 Å². The van der Waals surface area contributed by atoms with Gasteiger partial charge in [-0.15, -0.1) is 11.3 Å². The Bertz CT molecular complexity index is 503. The summed E-state index contributed by atoms with van der Waals surface area (Å²) in [5, 5.41) is 1.17. The molecule has 0 atom stereocenters.